The Labute approximate surface area is 131 Å². The Morgan fingerprint density at radius 1 is 1.09 bits per heavy atom. The number of anilines is 3. The SMILES string of the molecule is Cc1cccc(C)c1Nc1ccc(NC(=O)NC(C)C)nc1. The lowest BCUT2D eigenvalue weighted by Gasteiger charge is -2.13. The van der Waals surface area contributed by atoms with Gasteiger partial charge in [-0.25, -0.2) is 9.78 Å². The molecule has 0 aliphatic carbocycles. The first-order valence-electron chi connectivity index (χ1n) is 7.32. The van der Waals surface area contributed by atoms with E-state index in [1.54, 1.807) is 12.3 Å². The largest absolute Gasteiger partial charge is 0.354 e. The number of hydrogen-bond acceptors (Lipinski definition) is 3. The lowest BCUT2D eigenvalue weighted by atomic mass is 10.1. The number of aryl methyl sites for hydroxylation is 2. The van der Waals surface area contributed by atoms with Crippen LogP contribution in [-0.4, -0.2) is 17.1 Å². The van der Waals surface area contributed by atoms with Gasteiger partial charge in [0.25, 0.3) is 0 Å². The summed E-state index contributed by atoms with van der Waals surface area (Å²) in [4.78, 5) is 15.9. The molecular formula is C17H22N4O. The van der Waals surface area contributed by atoms with Crippen molar-refractivity contribution in [1.29, 1.82) is 0 Å². The van der Waals surface area contributed by atoms with Gasteiger partial charge in [-0.3, -0.25) is 5.32 Å². The van der Waals surface area contributed by atoms with E-state index in [0.29, 0.717) is 5.82 Å². The number of amides is 2. The van der Waals surface area contributed by atoms with Crippen LogP contribution in [0.4, 0.5) is 22.0 Å². The first-order valence-corrected chi connectivity index (χ1v) is 7.32. The molecule has 1 aromatic carbocycles. The summed E-state index contributed by atoms with van der Waals surface area (Å²) in [6.07, 6.45) is 1.71. The molecular weight excluding hydrogens is 276 g/mol. The Kier molecular flexibility index (Phi) is 4.99. The standard InChI is InChI=1S/C17H22N4O/c1-11(2)19-17(22)21-15-9-8-14(10-18-15)20-16-12(3)6-5-7-13(16)4/h5-11,20H,1-4H3,(H2,18,19,21,22). The van der Waals surface area contributed by atoms with E-state index in [1.165, 1.54) is 11.1 Å². The van der Waals surface area contributed by atoms with Crippen molar-refractivity contribution in [3.8, 4) is 0 Å². The fraction of sp³-hybridized carbons (Fsp3) is 0.294. The molecule has 2 rings (SSSR count). The number of hydrogen-bond donors (Lipinski definition) is 3. The van der Waals surface area contributed by atoms with Crippen LogP contribution in [0.5, 0.6) is 0 Å². The number of carbonyl (C=O) groups excluding carboxylic acids is 1. The summed E-state index contributed by atoms with van der Waals surface area (Å²) in [5.74, 6) is 0.519. The van der Waals surface area contributed by atoms with E-state index in [2.05, 4.69) is 46.9 Å². The molecule has 0 aliphatic rings. The molecule has 5 nitrogen and oxygen atoms in total. The number of aromatic nitrogens is 1. The molecule has 0 fully saturated rings. The summed E-state index contributed by atoms with van der Waals surface area (Å²) in [5.41, 5.74) is 4.33. The molecule has 0 aliphatic heterocycles. The van der Waals surface area contributed by atoms with Crippen LogP contribution in [0.2, 0.25) is 0 Å². The zero-order chi connectivity index (χ0) is 16.1. The molecule has 1 aromatic heterocycles. The minimum atomic E-state index is -0.252. The maximum atomic E-state index is 11.6. The number of rotatable bonds is 4. The third-order valence-electron chi connectivity index (χ3n) is 3.18. The predicted molar refractivity (Wildman–Crippen MR) is 90.7 cm³/mol. The van der Waals surface area contributed by atoms with Crippen molar-refractivity contribution in [2.45, 2.75) is 33.7 Å². The summed E-state index contributed by atoms with van der Waals surface area (Å²) < 4.78 is 0. The second-order valence-corrected chi connectivity index (χ2v) is 5.58. The van der Waals surface area contributed by atoms with E-state index in [9.17, 15) is 4.79 Å². The topological polar surface area (TPSA) is 66.0 Å². The third-order valence-corrected chi connectivity index (χ3v) is 3.18. The molecule has 116 valence electrons. The second-order valence-electron chi connectivity index (χ2n) is 5.58. The molecule has 5 heteroatoms. The summed E-state index contributed by atoms with van der Waals surface area (Å²) in [7, 11) is 0. The van der Waals surface area contributed by atoms with Crippen LogP contribution in [0.15, 0.2) is 36.5 Å². The van der Waals surface area contributed by atoms with E-state index in [0.717, 1.165) is 11.4 Å². The Hall–Kier alpha value is -2.56. The van der Waals surface area contributed by atoms with Crippen molar-refractivity contribution in [2.75, 3.05) is 10.6 Å². The van der Waals surface area contributed by atoms with Crippen molar-refractivity contribution >= 4 is 23.2 Å². The normalized spacial score (nSPS) is 10.4. The van der Waals surface area contributed by atoms with Gasteiger partial charge in [0.05, 0.1) is 11.9 Å². The van der Waals surface area contributed by atoms with Crippen molar-refractivity contribution in [2.24, 2.45) is 0 Å². The molecule has 0 spiro atoms. The Morgan fingerprint density at radius 3 is 2.32 bits per heavy atom. The number of pyridine rings is 1. The first-order chi connectivity index (χ1) is 10.5. The monoisotopic (exact) mass is 298 g/mol. The highest BCUT2D eigenvalue weighted by Gasteiger charge is 2.05. The molecule has 0 saturated carbocycles. The van der Waals surface area contributed by atoms with Crippen molar-refractivity contribution < 1.29 is 4.79 Å². The predicted octanol–water partition coefficient (Wildman–Crippen LogP) is 3.97. The van der Waals surface area contributed by atoms with Gasteiger partial charge in [0.15, 0.2) is 0 Å². The van der Waals surface area contributed by atoms with Crippen LogP contribution < -0.4 is 16.0 Å². The van der Waals surface area contributed by atoms with Gasteiger partial charge in [-0.2, -0.15) is 0 Å². The number of carbonyl (C=O) groups is 1. The summed E-state index contributed by atoms with van der Waals surface area (Å²) in [6.45, 7) is 7.94. The third kappa shape index (κ3) is 4.22. The maximum absolute atomic E-state index is 11.6. The van der Waals surface area contributed by atoms with Gasteiger partial charge in [-0.1, -0.05) is 18.2 Å². The highest BCUT2D eigenvalue weighted by atomic mass is 16.2. The number of nitrogens with one attached hydrogen (secondary N) is 3. The van der Waals surface area contributed by atoms with E-state index in [-0.39, 0.29) is 12.1 Å². The molecule has 0 atom stereocenters. The van der Waals surface area contributed by atoms with Crippen LogP contribution in [0.1, 0.15) is 25.0 Å². The van der Waals surface area contributed by atoms with Crippen LogP contribution >= 0.6 is 0 Å². The number of urea groups is 1. The van der Waals surface area contributed by atoms with Gasteiger partial charge < -0.3 is 10.6 Å². The zero-order valence-electron chi connectivity index (χ0n) is 13.4. The van der Waals surface area contributed by atoms with E-state index in [1.807, 2.05) is 26.0 Å². The quantitative estimate of drug-likeness (QED) is 0.800. The molecule has 0 bridgehead atoms. The van der Waals surface area contributed by atoms with Gasteiger partial charge in [0, 0.05) is 11.7 Å². The number of nitrogens with zero attached hydrogens (tertiary/aromatic N) is 1. The number of para-hydroxylation sites is 1. The first kappa shape index (κ1) is 15.8. The second kappa shape index (κ2) is 6.93. The average Bonchev–Trinajstić information content (AvgIpc) is 2.44. The average molecular weight is 298 g/mol. The van der Waals surface area contributed by atoms with Gasteiger partial charge in [-0.05, 0) is 51.0 Å². The van der Waals surface area contributed by atoms with E-state index < -0.39 is 0 Å². The number of benzene rings is 1. The molecule has 0 radical (unpaired) electrons. The van der Waals surface area contributed by atoms with Crippen LogP contribution in [0, 0.1) is 13.8 Å². The summed E-state index contributed by atoms with van der Waals surface area (Å²) >= 11 is 0. The van der Waals surface area contributed by atoms with Gasteiger partial charge in [0.2, 0.25) is 0 Å². The van der Waals surface area contributed by atoms with Crippen molar-refractivity contribution in [3.05, 3.63) is 47.7 Å². The highest BCUT2D eigenvalue weighted by molar-refractivity contribution is 5.88. The molecule has 2 aromatic rings. The lowest BCUT2D eigenvalue weighted by Crippen LogP contribution is -2.34. The minimum Gasteiger partial charge on any atom is -0.354 e. The smallest absolute Gasteiger partial charge is 0.320 e. The van der Waals surface area contributed by atoms with E-state index in [4.69, 9.17) is 0 Å². The fourth-order valence-electron chi connectivity index (χ4n) is 2.11. The summed E-state index contributed by atoms with van der Waals surface area (Å²) in [6, 6.07) is 9.67. The lowest BCUT2D eigenvalue weighted by molar-refractivity contribution is 0.250. The van der Waals surface area contributed by atoms with Crippen molar-refractivity contribution in [1.82, 2.24) is 10.3 Å². The molecule has 3 N–H and O–H groups in total. The van der Waals surface area contributed by atoms with Crippen molar-refractivity contribution in [3.63, 3.8) is 0 Å². The van der Waals surface area contributed by atoms with Crippen LogP contribution in [0.3, 0.4) is 0 Å². The zero-order valence-corrected chi connectivity index (χ0v) is 13.4. The summed E-state index contributed by atoms with van der Waals surface area (Å²) in [5, 5.41) is 8.82. The Bertz CT molecular complexity index is 630. The fourth-order valence-corrected chi connectivity index (χ4v) is 2.11. The maximum Gasteiger partial charge on any atom is 0.320 e. The molecule has 0 unspecified atom stereocenters. The highest BCUT2D eigenvalue weighted by Crippen LogP contribution is 2.24. The van der Waals surface area contributed by atoms with Crippen LogP contribution in [-0.2, 0) is 0 Å². The van der Waals surface area contributed by atoms with Gasteiger partial charge >= 0.3 is 6.03 Å². The van der Waals surface area contributed by atoms with Gasteiger partial charge in [-0.15, -0.1) is 0 Å². The molecule has 22 heavy (non-hydrogen) atoms. The molecule has 2 amide bonds. The Morgan fingerprint density at radius 2 is 1.77 bits per heavy atom. The molecule has 0 saturated heterocycles. The molecule has 1 heterocycles. The Balaban J connectivity index is 2.05. The van der Waals surface area contributed by atoms with E-state index >= 15 is 0 Å². The van der Waals surface area contributed by atoms with Gasteiger partial charge in [0.1, 0.15) is 5.82 Å². The van der Waals surface area contributed by atoms with Crippen LogP contribution in [0.25, 0.3) is 0 Å². The minimum absolute atomic E-state index is 0.0879.